The van der Waals surface area contributed by atoms with Gasteiger partial charge < -0.3 is 10.1 Å². The molecule has 0 spiro atoms. The number of fused-ring (bicyclic) bond motifs is 3. The molecule has 0 amide bonds. The van der Waals surface area contributed by atoms with Crippen LogP contribution in [0.25, 0.3) is 32.4 Å². The van der Waals surface area contributed by atoms with E-state index in [1.54, 1.807) is 0 Å². The minimum atomic E-state index is 0. The van der Waals surface area contributed by atoms with Gasteiger partial charge in [0.15, 0.2) is 5.78 Å². The third kappa shape index (κ3) is 5.11. The molecule has 4 heteroatoms. The fourth-order valence-electron chi connectivity index (χ4n) is 5.77. The number of hydrogen-bond donors (Lipinski definition) is 1. The van der Waals surface area contributed by atoms with E-state index in [2.05, 4.69) is 61.3 Å². The van der Waals surface area contributed by atoms with Gasteiger partial charge >= 0.3 is 0 Å². The molecule has 3 nitrogen and oxygen atoms in total. The van der Waals surface area contributed by atoms with Crippen LogP contribution in [0.4, 0.5) is 0 Å². The summed E-state index contributed by atoms with van der Waals surface area (Å²) in [5.74, 6) is 0.547. The van der Waals surface area contributed by atoms with E-state index < -0.39 is 0 Å². The number of carbonyl (C=O) groups is 1. The third-order valence-corrected chi connectivity index (χ3v) is 8.08. The van der Waals surface area contributed by atoms with E-state index in [1.165, 1.54) is 38.7 Å². The van der Waals surface area contributed by atoms with Crippen LogP contribution < -0.4 is 0 Å². The number of ketones is 1. The number of benzene rings is 3. The number of rotatable bonds is 7. The molecule has 0 fully saturated rings. The van der Waals surface area contributed by atoms with Crippen molar-refractivity contribution in [2.45, 2.75) is 72.6 Å². The maximum atomic E-state index is 11.7. The van der Waals surface area contributed by atoms with E-state index in [0.29, 0.717) is 0 Å². The summed E-state index contributed by atoms with van der Waals surface area (Å²) in [7, 11) is 0. The molecule has 5 rings (SSSR count). The van der Waals surface area contributed by atoms with Crippen molar-refractivity contribution in [3.63, 3.8) is 0 Å². The van der Waals surface area contributed by atoms with E-state index >= 15 is 0 Å². The van der Waals surface area contributed by atoms with Crippen LogP contribution in [0.3, 0.4) is 0 Å². The largest absolute Gasteiger partial charge is 0.512 e. The maximum absolute atomic E-state index is 11.7. The van der Waals surface area contributed by atoms with Gasteiger partial charge in [0.1, 0.15) is 0 Å². The average molecular weight is 673 g/mol. The standard InChI is InChI=1S/C20H14N.C13H24O2.Ir/c1-20(2)15-9-5-8-13-12-6-3-4-7-14(12)19-18(17(13)15)16(20)10-11-21-19;1-5-10(6-2)12(14)9-13(15)11(7-3)8-4;/h3-6,8-11H,1-2H3;9-11,14H,5-8H2,1-4H3;/q-1;;/b;12-9-;. The van der Waals surface area contributed by atoms with Crippen LogP contribution in [0.1, 0.15) is 78.4 Å². The van der Waals surface area contributed by atoms with Crippen LogP contribution in [0.15, 0.2) is 60.5 Å². The number of aliphatic hydroxyl groups excluding tert-OH is 1. The molecule has 3 aromatic carbocycles. The maximum Gasteiger partial charge on any atom is 0.162 e. The molecule has 1 N–H and O–H groups in total. The Bertz CT molecular complexity index is 1360. The van der Waals surface area contributed by atoms with Crippen LogP contribution >= 0.6 is 0 Å². The first-order valence-corrected chi connectivity index (χ1v) is 13.4. The van der Waals surface area contributed by atoms with Crippen LogP contribution in [-0.4, -0.2) is 15.9 Å². The number of pyridine rings is 1. The number of carbonyl (C=O) groups excluding carboxylic acids is 1. The summed E-state index contributed by atoms with van der Waals surface area (Å²) in [6.45, 7) is 12.7. The molecule has 1 aromatic heterocycles. The number of nitrogens with zero attached hydrogens (tertiary/aromatic N) is 1. The van der Waals surface area contributed by atoms with Crippen molar-refractivity contribution in [2.24, 2.45) is 11.8 Å². The van der Waals surface area contributed by atoms with Crippen molar-refractivity contribution in [1.82, 2.24) is 4.98 Å². The minimum absolute atomic E-state index is 0. The molecular weight excluding hydrogens is 635 g/mol. The molecular formula is C33H38IrNO2-. The van der Waals surface area contributed by atoms with Gasteiger partial charge in [-0.25, -0.2) is 0 Å². The van der Waals surface area contributed by atoms with Gasteiger partial charge in [-0.3, -0.25) is 4.79 Å². The quantitative estimate of drug-likeness (QED) is 0.0924. The van der Waals surface area contributed by atoms with E-state index in [-0.39, 0.29) is 48.9 Å². The van der Waals surface area contributed by atoms with Gasteiger partial charge in [-0.1, -0.05) is 70.5 Å². The fourth-order valence-corrected chi connectivity index (χ4v) is 5.77. The Morgan fingerprint density at radius 3 is 2.19 bits per heavy atom. The van der Waals surface area contributed by atoms with E-state index in [4.69, 9.17) is 0 Å². The van der Waals surface area contributed by atoms with Gasteiger partial charge in [0, 0.05) is 49.6 Å². The molecule has 0 aliphatic heterocycles. The van der Waals surface area contributed by atoms with Crippen LogP contribution in [0, 0.1) is 17.9 Å². The van der Waals surface area contributed by atoms with Crippen molar-refractivity contribution in [1.29, 1.82) is 0 Å². The smallest absolute Gasteiger partial charge is 0.162 e. The third-order valence-electron chi connectivity index (χ3n) is 8.08. The number of aliphatic hydroxyl groups is 1. The summed E-state index contributed by atoms with van der Waals surface area (Å²) >= 11 is 0. The summed E-state index contributed by atoms with van der Waals surface area (Å²) in [4.78, 5) is 16.4. The van der Waals surface area contributed by atoms with Gasteiger partial charge in [0.25, 0.3) is 0 Å². The Balaban J connectivity index is 0.000000214. The molecule has 197 valence electrons. The molecule has 37 heavy (non-hydrogen) atoms. The molecule has 0 saturated carbocycles. The Hall–Kier alpha value is -2.55. The van der Waals surface area contributed by atoms with Crippen LogP contribution in [0.2, 0.25) is 0 Å². The van der Waals surface area contributed by atoms with Gasteiger partial charge in [-0.15, -0.1) is 29.7 Å². The van der Waals surface area contributed by atoms with E-state index in [9.17, 15) is 9.90 Å². The van der Waals surface area contributed by atoms with Crippen molar-refractivity contribution in [3.8, 4) is 0 Å². The topological polar surface area (TPSA) is 50.2 Å². The first-order valence-electron chi connectivity index (χ1n) is 13.4. The molecule has 1 aliphatic carbocycles. The first-order chi connectivity index (χ1) is 17.3. The summed E-state index contributed by atoms with van der Waals surface area (Å²) in [6.07, 6.45) is 6.85. The minimum Gasteiger partial charge on any atom is -0.512 e. The second-order valence-electron chi connectivity index (χ2n) is 10.4. The van der Waals surface area contributed by atoms with Crippen molar-refractivity contribution in [2.75, 3.05) is 0 Å². The fraction of sp³-hybridized carbons (Fsp3) is 0.394. The zero-order chi connectivity index (χ0) is 26.0. The van der Waals surface area contributed by atoms with Crippen molar-refractivity contribution in [3.05, 3.63) is 77.7 Å². The van der Waals surface area contributed by atoms with Gasteiger partial charge in [-0.05, 0) is 59.2 Å². The zero-order valence-electron chi connectivity index (χ0n) is 22.8. The van der Waals surface area contributed by atoms with Crippen molar-refractivity contribution >= 4 is 38.2 Å². The summed E-state index contributed by atoms with van der Waals surface area (Å²) in [5.41, 5.74) is 3.94. The second-order valence-corrected chi connectivity index (χ2v) is 10.4. The molecule has 1 aliphatic rings. The van der Waals surface area contributed by atoms with E-state index in [1.807, 2.05) is 40.0 Å². The van der Waals surface area contributed by atoms with Crippen molar-refractivity contribution < 1.29 is 30.0 Å². The molecule has 1 heterocycles. The van der Waals surface area contributed by atoms with Gasteiger partial charge in [-0.2, -0.15) is 0 Å². The Morgan fingerprint density at radius 2 is 1.54 bits per heavy atom. The predicted molar refractivity (Wildman–Crippen MR) is 152 cm³/mol. The monoisotopic (exact) mass is 673 g/mol. The number of aromatic nitrogens is 1. The molecule has 0 saturated heterocycles. The number of allylic oxidation sites excluding steroid dienone is 2. The molecule has 0 atom stereocenters. The second kappa shape index (κ2) is 11.9. The Morgan fingerprint density at radius 1 is 0.919 bits per heavy atom. The van der Waals surface area contributed by atoms with Gasteiger partial charge in [0.05, 0.1) is 5.76 Å². The molecule has 4 aromatic rings. The summed E-state index contributed by atoms with van der Waals surface area (Å²) in [5, 5.41) is 16.2. The zero-order valence-corrected chi connectivity index (χ0v) is 25.2. The van der Waals surface area contributed by atoms with E-state index in [0.717, 1.165) is 36.6 Å². The first kappa shape index (κ1) is 29.0. The predicted octanol–water partition coefficient (Wildman–Crippen LogP) is 8.85. The normalized spacial score (nSPS) is 13.9. The Kier molecular flexibility index (Phi) is 9.32. The summed E-state index contributed by atoms with van der Waals surface area (Å²) < 4.78 is 0. The molecule has 0 unspecified atom stereocenters. The Labute approximate surface area is 234 Å². The SMILES string of the molecule is CC1(C)c2cccc3c4ccc[c-]c4c4nccc1c4c23.CCC(CC)C(=O)/C=C(\O)C(CC)CC.[Ir]. The van der Waals surface area contributed by atoms with Crippen LogP contribution in [0.5, 0.6) is 0 Å². The average Bonchev–Trinajstić information content (AvgIpc) is 3.13. The summed E-state index contributed by atoms with van der Waals surface area (Å²) in [6, 6.07) is 18.5. The molecule has 1 radical (unpaired) electrons. The molecule has 0 bridgehead atoms. The van der Waals surface area contributed by atoms with Gasteiger partial charge in [0.2, 0.25) is 0 Å². The number of hydrogen-bond acceptors (Lipinski definition) is 3. The van der Waals surface area contributed by atoms with Crippen LogP contribution in [-0.2, 0) is 30.3 Å².